The molecule has 0 aliphatic carbocycles. The summed E-state index contributed by atoms with van der Waals surface area (Å²) >= 11 is 5.00. The Morgan fingerprint density at radius 2 is 2.33 bits per heavy atom. The number of rotatable bonds is 2. The molecule has 0 unspecified atom stereocenters. The topological polar surface area (TPSA) is 35.5 Å². The summed E-state index contributed by atoms with van der Waals surface area (Å²) in [6.07, 6.45) is 3.91. The average Bonchev–Trinajstić information content (AvgIpc) is 1.85. The zero-order chi connectivity index (χ0) is 7.11. The molecule has 0 bridgehead atoms. The number of hydrogen-bond acceptors (Lipinski definition) is 3. The Kier molecular flexibility index (Phi) is 4.75. The number of hydrogen-bond donors (Lipinski definition) is 0. The second-order valence-corrected chi connectivity index (χ2v) is 1.21. The molecule has 4 heteroatoms. The molecule has 0 saturated heterocycles. The zero-order valence-electron chi connectivity index (χ0n) is 4.59. The van der Waals surface area contributed by atoms with Crippen molar-refractivity contribution in [3.63, 3.8) is 0 Å². The number of alkyl halides is 1. The average molecular weight is 149 g/mol. The predicted molar refractivity (Wildman–Crippen MR) is 32.0 cm³/mol. The van der Waals surface area contributed by atoms with Gasteiger partial charge in [-0.05, 0) is 0 Å². The normalized spacial score (nSPS) is 7.56. The summed E-state index contributed by atoms with van der Waals surface area (Å²) in [7, 11) is 0. The summed E-state index contributed by atoms with van der Waals surface area (Å²) < 4.78 is 8.40. The molecule has 9 heavy (non-hydrogen) atoms. The second-order valence-electron chi connectivity index (χ2n) is 0.996. The van der Waals surface area contributed by atoms with Gasteiger partial charge in [-0.2, -0.15) is 0 Å². The molecule has 0 atom stereocenters. The molecule has 0 aromatic carbocycles. The van der Waals surface area contributed by atoms with Crippen LogP contribution < -0.4 is 0 Å². The molecule has 0 fully saturated rings. The fraction of sp³-hybridized carbons (Fsp3) is 0.400. The van der Waals surface area contributed by atoms with Crippen molar-refractivity contribution in [1.82, 2.24) is 0 Å². The van der Waals surface area contributed by atoms with Crippen LogP contribution in [0, 0.1) is 12.3 Å². The molecule has 0 aromatic heterocycles. The molecule has 0 radical (unpaired) electrons. The third kappa shape index (κ3) is 4.98. The monoisotopic (exact) mass is 148 g/mol. The molecule has 0 heterocycles. The maximum absolute atomic E-state index is 10.2. The SMILES string of the molecule is C#CCOC(=O)OCCl. The molecule has 0 aliphatic heterocycles. The predicted octanol–water partition coefficient (Wildman–Crippen LogP) is 0.969. The number of terminal acetylenes is 1. The van der Waals surface area contributed by atoms with E-state index in [1.807, 2.05) is 0 Å². The van der Waals surface area contributed by atoms with Gasteiger partial charge in [-0.3, -0.25) is 0 Å². The summed E-state index contributed by atoms with van der Waals surface area (Å²) in [4.78, 5) is 10.2. The summed E-state index contributed by atoms with van der Waals surface area (Å²) in [5, 5.41) is 0. The van der Waals surface area contributed by atoms with Crippen LogP contribution in [0.1, 0.15) is 0 Å². The first kappa shape index (κ1) is 8.12. The highest BCUT2D eigenvalue weighted by Gasteiger charge is 1.98. The standard InChI is InChI=1S/C5H5ClO3/c1-2-3-8-5(7)9-4-6/h1H,3-4H2. The number of carbonyl (C=O) groups is 1. The lowest BCUT2D eigenvalue weighted by Crippen LogP contribution is -2.05. The van der Waals surface area contributed by atoms with Gasteiger partial charge < -0.3 is 9.47 Å². The number of carbonyl (C=O) groups excluding carboxylic acids is 1. The molecular weight excluding hydrogens is 144 g/mol. The lowest BCUT2D eigenvalue weighted by molar-refractivity contribution is 0.0780. The van der Waals surface area contributed by atoms with E-state index in [2.05, 4.69) is 15.4 Å². The molecular formula is C5H5ClO3. The second kappa shape index (κ2) is 5.26. The molecule has 50 valence electrons. The van der Waals surface area contributed by atoms with Crippen molar-refractivity contribution in [3.8, 4) is 12.3 Å². The largest absolute Gasteiger partial charge is 0.510 e. The first-order valence-electron chi connectivity index (χ1n) is 2.10. The number of halogens is 1. The van der Waals surface area contributed by atoms with Gasteiger partial charge in [-0.1, -0.05) is 17.5 Å². The van der Waals surface area contributed by atoms with Crippen molar-refractivity contribution >= 4 is 17.8 Å². The minimum atomic E-state index is -0.844. The Morgan fingerprint density at radius 3 is 2.78 bits per heavy atom. The number of ether oxygens (including phenoxy) is 2. The van der Waals surface area contributed by atoms with Crippen LogP contribution in [0.5, 0.6) is 0 Å². The fourth-order valence-electron chi connectivity index (χ4n) is 0.187. The van der Waals surface area contributed by atoms with Crippen LogP contribution in [0.4, 0.5) is 4.79 Å². The third-order valence-corrected chi connectivity index (χ3v) is 0.555. The first-order chi connectivity index (χ1) is 4.31. The zero-order valence-corrected chi connectivity index (χ0v) is 5.35. The van der Waals surface area contributed by atoms with Crippen LogP contribution in [0.2, 0.25) is 0 Å². The van der Waals surface area contributed by atoms with Gasteiger partial charge in [0, 0.05) is 0 Å². The summed E-state index contributed by atoms with van der Waals surface area (Å²) in [6.45, 7) is -0.0876. The smallest absolute Gasteiger partial charge is 0.421 e. The van der Waals surface area contributed by atoms with Crippen molar-refractivity contribution in [3.05, 3.63) is 0 Å². The molecule has 0 rings (SSSR count). The quantitative estimate of drug-likeness (QED) is 0.333. The molecule has 0 spiro atoms. The van der Waals surface area contributed by atoms with E-state index in [4.69, 9.17) is 18.0 Å². The maximum atomic E-state index is 10.2. The van der Waals surface area contributed by atoms with E-state index in [0.29, 0.717) is 0 Å². The van der Waals surface area contributed by atoms with Crippen LogP contribution in [-0.4, -0.2) is 18.8 Å². The van der Waals surface area contributed by atoms with Gasteiger partial charge in [0.15, 0.2) is 12.7 Å². The van der Waals surface area contributed by atoms with E-state index in [1.54, 1.807) is 0 Å². The van der Waals surface area contributed by atoms with Crippen LogP contribution in [-0.2, 0) is 9.47 Å². The van der Waals surface area contributed by atoms with Crippen molar-refractivity contribution < 1.29 is 14.3 Å². The Labute approximate surface area is 57.9 Å². The molecule has 0 amide bonds. The van der Waals surface area contributed by atoms with Gasteiger partial charge in [0.1, 0.15) is 0 Å². The van der Waals surface area contributed by atoms with Gasteiger partial charge in [0.25, 0.3) is 0 Å². The van der Waals surface area contributed by atoms with Crippen molar-refractivity contribution in [2.24, 2.45) is 0 Å². The minimum absolute atomic E-state index is 0.0876. The highest BCUT2D eigenvalue weighted by atomic mass is 35.5. The fourth-order valence-corrected chi connectivity index (χ4v) is 0.276. The summed E-state index contributed by atoms with van der Waals surface area (Å²) in [5.41, 5.74) is 0. The minimum Gasteiger partial charge on any atom is -0.421 e. The summed E-state index contributed by atoms with van der Waals surface area (Å²) in [5.74, 6) is 2.09. The van der Waals surface area contributed by atoms with Gasteiger partial charge in [0.2, 0.25) is 0 Å². The lowest BCUT2D eigenvalue weighted by atomic mass is 10.8. The van der Waals surface area contributed by atoms with E-state index >= 15 is 0 Å². The van der Waals surface area contributed by atoms with Crippen molar-refractivity contribution in [2.45, 2.75) is 0 Å². The Hall–Kier alpha value is -0.880. The molecule has 3 nitrogen and oxygen atoms in total. The summed E-state index contributed by atoms with van der Waals surface area (Å²) in [6, 6.07) is -0.219. The Balaban J connectivity index is 3.19. The van der Waals surface area contributed by atoms with Crippen molar-refractivity contribution in [1.29, 1.82) is 0 Å². The maximum Gasteiger partial charge on any atom is 0.510 e. The Morgan fingerprint density at radius 1 is 1.67 bits per heavy atom. The van der Waals surface area contributed by atoms with Crippen LogP contribution in [0.15, 0.2) is 0 Å². The first-order valence-corrected chi connectivity index (χ1v) is 2.63. The van der Waals surface area contributed by atoms with Crippen LogP contribution in [0.25, 0.3) is 0 Å². The van der Waals surface area contributed by atoms with Gasteiger partial charge >= 0.3 is 6.16 Å². The van der Waals surface area contributed by atoms with Gasteiger partial charge in [-0.15, -0.1) is 6.42 Å². The van der Waals surface area contributed by atoms with Crippen LogP contribution >= 0.6 is 11.6 Å². The van der Waals surface area contributed by atoms with Crippen LogP contribution in [0.3, 0.4) is 0 Å². The lowest BCUT2D eigenvalue weighted by Gasteiger charge is -1.97. The molecule has 0 aliphatic rings. The highest BCUT2D eigenvalue weighted by Crippen LogP contribution is 1.85. The van der Waals surface area contributed by atoms with Crippen molar-refractivity contribution in [2.75, 3.05) is 12.7 Å². The molecule has 0 aromatic rings. The van der Waals surface area contributed by atoms with E-state index in [-0.39, 0.29) is 12.7 Å². The van der Waals surface area contributed by atoms with Gasteiger partial charge in [0.05, 0.1) is 0 Å². The molecule has 0 saturated carbocycles. The molecule has 0 N–H and O–H groups in total. The van der Waals surface area contributed by atoms with Gasteiger partial charge in [-0.25, -0.2) is 4.79 Å². The van der Waals surface area contributed by atoms with E-state index in [0.717, 1.165) is 0 Å². The Bertz CT molecular complexity index is 127. The van der Waals surface area contributed by atoms with E-state index < -0.39 is 6.16 Å². The third-order valence-electron chi connectivity index (χ3n) is 0.446. The van der Waals surface area contributed by atoms with E-state index in [9.17, 15) is 4.79 Å². The van der Waals surface area contributed by atoms with E-state index in [1.165, 1.54) is 0 Å². The highest BCUT2D eigenvalue weighted by molar-refractivity contribution is 6.17.